The highest BCUT2D eigenvalue weighted by Gasteiger charge is 2.34. The molecule has 1 aliphatic heterocycles. The molecule has 2 aromatic rings. The molecule has 0 aromatic carbocycles. The van der Waals surface area contributed by atoms with Crippen LogP contribution >= 0.6 is 0 Å². The Morgan fingerprint density at radius 1 is 1.29 bits per heavy atom. The second-order valence-electron chi connectivity index (χ2n) is 5.53. The van der Waals surface area contributed by atoms with Crippen LogP contribution in [0.15, 0.2) is 6.07 Å². The number of ether oxygens (including phenoxy) is 1. The molecule has 0 unspecified atom stereocenters. The number of methoxy groups -OCH3 is 1. The zero-order valence-corrected chi connectivity index (χ0v) is 13.3. The molecule has 0 amide bonds. The van der Waals surface area contributed by atoms with E-state index in [0.717, 1.165) is 17.5 Å². The zero-order valence-electron chi connectivity index (χ0n) is 13.3. The fourth-order valence-electron chi connectivity index (χ4n) is 2.68. The minimum absolute atomic E-state index is 0.0920. The molecule has 3 heterocycles. The number of hydrogen-bond donors (Lipinski definition) is 0. The van der Waals surface area contributed by atoms with Crippen molar-refractivity contribution < 1.29 is 17.9 Å². The SMILES string of the molecule is COCCn1nnc2c1CCN(c1cc(C(F)(F)F)nc(C)n1)C2. The Hall–Kier alpha value is -2.23. The van der Waals surface area contributed by atoms with Crippen LogP contribution in [-0.2, 0) is 30.4 Å². The summed E-state index contributed by atoms with van der Waals surface area (Å²) in [6.45, 7) is 3.50. The van der Waals surface area contributed by atoms with E-state index in [1.165, 1.54) is 6.92 Å². The average molecular weight is 342 g/mol. The zero-order chi connectivity index (χ0) is 17.3. The first-order chi connectivity index (χ1) is 11.4. The summed E-state index contributed by atoms with van der Waals surface area (Å²) in [5, 5.41) is 8.21. The summed E-state index contributed by atoms with van der Waals surface area (Å²) < 4.78 is 45.6. The largest absolute Gasteiger partial charge is 0.433 e. The molecule has 0 bridgehead atoms. The minimum Gasteiger partial charge on any atom is -0.383 e. The van der Waals surface area contributed by atoms with Gasteiger partial charge in [0, 0.05) is 26.1 Å². The molecule has 0 fully saturated rings. The highest BCUT2D eigenvalue weighted by atomic mass is 19.4. The Bertz CT molecular complexity index is 730. The van der Waals surface area contributed by atoms with Gasteiger partial charge in [0.1, 0.15) is 23.0 Å². The molecule has 0 radical (unpaired) electrons. The number of halogens is 3. The Labute approximate surface area is 136 Å². The van der Waals surface area contributed by atoms with Gasteiger partial charge in [0.25, 0.3) is 0 Å². The molecular weight excluding hydrogens is 325 g/mol. The van der Waals surface area contributed by atoms with Crippen molar-refractivity contribution in [1.82, 2.24) is 25.0 Å². The van der Waals surface area contributed by atoms with Gasteiger partial charge in [0.05, 0.1) is 25.4 Å². The molecule has 130 valence electrons. The van der Waals surface area contributed by atoms with E-state index in [4.69, 9.17) is 4.74 Å². The van der Waals surface area contributed by atoms with Crippen LogP contribution in [0.4, 0.5) is 19.0 Å². The van der Waals surface area contributed by atoms with Crippen molar-refractivity contribution in [3.8, 4) is 0 Å². The van der Waals surface area contributed by atoms with Gasteiger partial charge < -0.3 is 9.64 Å². The summed E-state index contributed by atoms with van der Waals surface area (Å²) in [6, 6.07) is 0.980. The quantitative estimate of drug-likeness (QED) is 0.841. The van der Waals surface area contributed by atoms with Gasteiger partial charge in [-0.15, -0.1) is 5.10 Å². The third-order valence-corrected chi connectivity index (χ3v) is 3.82. The van der Waals surface area contributed by atoms with Gasteiger partial charge in [-0.25, -0.2) is 14.6 Å². The lowest BCUT2D eigenvalue weighted by Gasteiger charge is -2.28. The van der Waals surface area contributed by atoms with E-state index in [2.05, 4.69) is 20.3 Å². The van der Waals surface area contributed by atoms with Crippen LogP contribution in [0.2, 0.25) is 0 Å². The molecule has 3 rings (SSSR count). The number of alkyl halides is 3. The second kappa shape index (κ2) is 6.34. The smallest absolute Gasteiger partial charge is 0.383 e. The molecule has 10 heteroatoms. The van der Waals surface area contributed by atoms with Crippen LogP contribution in [0, 0.1) is 6.92 Å². The number of aromatic nitrogens is 5. The summed E-state index contributed by atoms with van der Waals surface area (Å²) in [6.07, 6.45) is -3.86. The number of aryl methyl sites for hydroxylation is 1. The van der Waals surface area contributed by atoms with Crippen LogP contribution in [0.1, 0.15) is 22.9 Å². The Morgan fingerprint density at radius 2 is 2.08 bits per heavy atom. The maximum atomic E-state index is 12.9. The highest BCUT2D eigenvalue weighted by Crippen LogP contribution is 2.30. The van der Waals surface area contributed by atoms with E-state index in [1.54, 1.807) is 16.7 Å². The Kier molecular flexibility index (Phi) is 4.39. The van der Waals surface area contributed by atoms with Gasteiger partial charge in [-0.2, -0.15) is 13.2 Å². The maximum absolute atomic E-state index is 12.9. The van der Waals surface area contributed by atoms with Gasteiger partial charge >= 0.3 is 6.18 Å². The number of rotatable bonds is 4. The van der Waals surface area contributed by atoms with E-state index in [0.29, 0.717) is 32.7 Å². The number of fused-ring (bicyclic) bond motifs is 1. The van der Waals surface area contributed by atoms with Crippen molar-refractivity contribution in [1.29, 1.82) is 0 Å². The van der Waals surface area contributed by atoms with Crippen molar-refractivity contribution in [2.45, 2.75) is 32.6 Å². The minimum atomic E-state index is -4.49. The van der Waals surface area contributed by atoms with E-state index in [9.17, 15) is 13.2 Å². The molecule has 7 nitrogen and oxygen atoms in total. The lowest BCUT2D eigenvalue weighted by molar-refractivity contribution is -0.141. The van der Waals surface area contributed by atoms with Crippen molar-refractivity contribution in [3.05, 3.63) is 29.0 Å². The van der Waals surface area contributed by atoms with E-state index < -0.39 is 11.9 Å². The molecule has 1 aliphatic rings. The molecule has 0 spiro atoms. The molecule has 0 aliphatic carbocycles. The summed E-state index contributed by atoms with van der Waals surface area (Å²) in [5.74, 6) is 0.348. The number of nitrogens with zero attached hydrogens (tertiary/aromatic N) is 6. The van der Waals surface area contributed by atoms with Crippen LogP contribution in [0.3, 0.4) is 0 Å². The maximum Gasteiger partial charge on any atom is 0.433 e. The molecule has 0 atom stereocenters. The fourth-order valence-corrected chi connectivity index (χ4v) is 2.68. The van der Waals surface area contributed by atoms with E-state index >= 15 is 0 Å². The molecule has 0 saturated heterocycles. The molecule has 24 heavy (non-hydrogen) atoms. The van der Waals surface area contributed by atoms with Crippen molar-refractivity contribution in [2.75, 3.05) is 25.2 Å². The van der Waals surface area contributed by atoms with Gasteiger partial charge in [-0.3, -0.25) is 0 Å². The summed E-state index contributed by atoms with van der Waals surface area (Å²) in [5.41, 5.74) is 0.812. The van der Waals surface area contributed by atoms with Gasteiger partial charge in [0.15, 0.2) is 0 Å². The third kappa shape index (κ3) is 3.32. The summed E-state index contributed by atoms with van der Waals surface area (Å²) in [7, 11) is 1.61. The lowest BCUT2D eigenvalue weighted by atomic mass is 10.1. The van der Waals surface area contributed by atoms with Crippen LogP contribution in [0.25, 0.3) is 0 Å². The lowest BCUT2D eigenvalue weighted by Crippen LogP contribution is -2.32. The Balaban J connectivity index is 1.83. The first-order valence-corrected chi connectivity index (χ1v) is 7.46. The van der Waals surface area contributed by atoms with Crippen LogP contribution in [0.5, 0.6) is 0 Å². The fraction of sp³-hybridized carbons (Fsp3) is 0.571. The van der Waals surface area contributed by atoms with E-state index in [1.807, 2.05) is 0 Å². The monoisotopic (exact) mass is 342 g/mol. The average Bonchev–Trinajstić information content (AvgIpc) is 2.93. The first kappa shape index (κ1) is 16.6. The van der Waals surface area contributed by atoms with Crippen LogP contribution < -0.4 is 4.90 Å². The second-order valence-corrected chi connectivity index (χ2v) is 5.53. The van der Waals surface area contributed by atoms with Gasteiger partial charge in [-0.1, -0.05) is 5.21 Å². The third-order valence-electron chi connectivity index (χ3n) is 3.82. The molecule has 0 N–H and O–H groups in total. The standard InChI is InChI=1S/C14H17F3N6O/c1-9-18-12(14(15,16)17)7-13(19-9)22-4-3-11-10(8-22)20-21-23(11)5-6-24-2/h7H,3-6,8H2,1-2H3. The van der Waals surface area contributed by atoms with Crippen molar-refractivity contribution in [3.63, 3.8) is 0 Å². The predicted molar refractivity (Wildman–Crippen MR) is 78.4 cm³/mol. The predicted octanol–water partition coefficient (Wildman–Crippen LogP) is 1.60. The first-order valence-electron chi connectivity index (χ1n) is 7.46. The summed E-state index contributed by atoms with van der Waals surface area (Å²) in [4.78, 5) is 9.38. The van der Waals surface area contributed by atoms with Gasteiger partial charge in [0.2, 0.25) is 0 Å². The van der Waals surface area contributed by atoms with Gasteiger partial charge in [-0.05, 0) is 6.92 Å². The normalized spacial score (nSPS) is 14.8. The van der Waals surface area contributed by atoms with Crippen molar-refractivity contribution >= 4 is 5.82 Å². The molecule has 2 aromatic heterocycles. The van der Waals surface area contributed by atoms with Crippen molar-refractivity contribution in [2.24, 2.45) is 0 Å². The Morgan fingerprint density at radius 3 is 2.79 bits per heavy atom. The molecule has 0 saturated carbocycles. The highest BCUT2D eigenvalue weighted by molar-refractivity contribution is 5.43. The molecular formula is C14H17F3N6O. The van der Waals surface area contributed by atoms with Crippen LogP contribution in [-0.4, -0.2) is 45.2 Å². The van der Waals surface area contributed by atoms with E-state index in [-0.39, 0.29) is 11.6 Å². The summed E-state index contributed by atoms with van der Waals surface area (Å²) >= 11 is 0. The number of hydrogen-bond acceptors (Lipinski definition) is 6. The topological polar surface area (TPSA) is 69.0 Å². The number of anilines is 1.